The molecule has 1 N–H and O–H groups in total. The molecule has 1 heterocycles. The number of aliphatic hydroxyl groups is 1. The first-order valence-corrected chi connectivity index (χ1v) is 7.05. The van der Waals surface area contributed by atoms with E-state index in [0.29, 0.717) is 0 Å². The topological polar surface area (TPSA) is 33.1 Å². The minimum Gasteiger partial charge on any atom is -0.396 e. The van der Waals surface area contributed by atoms with Gasteiger partial charge in [-0.2, -0.15) is 0 Å². The van der Waals surface area contributed by atoms with Crippen LogP contribution in [0.4, 0.5) is 0 Å². The molecule has 1 atom stereocenters. The minimum atomic E-state index is 0.0559. The molecular formula is C13H23NOS. The Morgan fingerprint density at radius 1 is 1.44 bits per heavy atom. The van der Waals surface area contributed by atoms with E-state index in [9.17, 15) is 5.11 Å². The highest BCUT2D eigenvalue weighted by Crippen LogP contribution is 2.33. The van der Waals surface area contributed by atoms with Crippen LogP contribution in [-0.2, 0) is 6.42 Å². The van der Waals surface area contributed by atoms with Crippen LogP contribution in [0.2, 0.25) is 0 Å². The van der Waals surface area contributed by atoms with Crippen molar-refractivity contribution < 1.29 is 5.11 Å². The lowest BCUT2D eigenvalue weighted by atomic mass is 9.78. The van der Waals surface area contributed by atoms with Crippen LogP contribution in [0.3, 0.4) is 0 Å². The fraction of sp³-hybridized carbons (Fsp3) is 0.769. The summed E-state index contributed by atoms with van der Waals surface area (Å²) in [7, 11) is 0. The Bertz CT molecular complexity index is 305. The second-order valence-corrected chi connectivity index (χ2v) is 5.62. The van der Waals surface area contributed by atoms with Crippen LogP contribution >= 0.6 is 11.3 Å². The summed E-state index contributed by atoms with van der Waals surface area (Å²) in [5.74, 6) is 0. The average molecular weight is 241 g/mol. The van der Waals surface area contributed by atoms with Crippen molar-refractivity contribution in [3.63, 3.8) is 0 Å². The van der Waals surface area contributed by atoms with Crippen LogP contribution in [0, 0.1) is 12.3 Å². The first-order chi connectivity index (χ1) is 7.65. The summed E-state index contributed by atoms with van der Waals surface area (Å²) in [6.07, 6.45) is 5.45. The summed E-state index contributed by atoms with van der Waals surface area (Å²) < 4.78 is 0. The number of aromatic nitrogens is 1. The lowest BCUT2D eigenvalue weighted by molar-refractivity contribution is 0.107. The van der Waals surface area contributed by atoms with Crippen LogP contribution in [0.5, 0.6) is 0 Å². The summed E-state index contributed by atoms with van der Waals surface area (Å²) in [5.41, 5.74) is 1.15. The lowest BCUT2D eigenvalue weighted by Crippen LogP contribution is -2.27. The summed E-state index contributed by atoms with van der Waals surface area (Å²) in [4.78, 5) is 4.51. The van der Waals surface area contributed by atoms with E-state index < -0.39 is 0 Å². The predicted octanol–water partition coefficient (Wildman–Crippen LogP) is 3.57. The molecule has 1 rings (SSSR count). The average Bonchev–Trinajstić information content (AvgIpc) is 2.70. The van der Waals surface area contributed by atoms with Crippen LogP contribution in [0.15, 0.2) is 5.38 Å². The first-order valence-electron chi connectivity index (χ1n) is 6.17. The number of hydrogen-bond acceptors (Lipinski definition) is 3. The Morgan fingerprint density at radius 3 is 2.62 bits per heavy atom. The summed E-state index contributed by atoms with van der Waals surface area (Å²) in [5, 5.41) is 12.9. The third-order valence-electron chi connectivity index (χ3n) is 3.34. The molecule has 16 heavy (non-hydrogen) atoms. The fourth-order valence-electron chi connectivity index (χ4n) is 1.99. The monoisotopic (exact) mass is 241 g/mol. The summed E-state index contributed by atoms with van der Waals surface area (Å²) in [6.45, 7) is 6.68. The van der Waals surface area contributed by atoms with Crippen LogP contribution < -0.4 is 0 Å². The molecule has 0 spiro atoms. The molecule has 2 nitrogen and oxygen atoms in total. The Balaban J connectivity index is 2.69. The van der Waals surface area contributed by atoms with Crippen molar-refractivity contribution in [2.45, 2.75) is 52.9 Å². The van der Waals surface area contributed by atoms with E-state index in [-0.39, 0.29) is 12.0 Å². The zero-order valence-electron chi connectivity index (χ0n) is 10.6. The molecule has 0 aliphatic rings. The van der Waals surface area contributed by atoms with E-state index in [1.165, 1.54) is 17.8 Å². The van der Waals surface area contributed by atoms with Crippen molar-refractivity contribution >= 4 is 11.3 Å². The number of thiazole rings is 1. The maximum Gasteiger partial charge on any atom is 0.0934 e. The van der Waals surface area contributed by atoms with Crippen molar-refractivity contribution in [3.05, 3.63) is 16.1 Å². The van der Waals surface area contributed by atoms with Gasteiger partial charge in [0.2, 0.25) is 0 Å². The van der Waals surface area contributed by atoms with Crippen molar-refractivity contribution in [1.29, 1.82) is 0 Å². The molecule has 0 radical (unpaired) electrons. The molecule has 0 aromatic carbocycles. The van der Waals surface area contributed by atoms with Gasteiger partial charge < -0.3 is 5.11 Å². The molecule has 0 aliphatic heterocycles. The van der Waals surface area contributed by atoms with Gasteiger partial charge in [0.15, 0.2) is 0 Å². The number of nitrogens with zero attached hydrogens (tertiary/aromatic N) is 1. The van der Waals surface area contributed by atoms with E-state index in [0.717, 1.165) is 25.0 Å². The maximum atomic E-state index is 9.65. The van der Waals surface area contributed by atoms with Crippen LogP contribution in [0.1, 0.15) is 50.2 Å². The Hall–Kier alpha value is -0.410. The van der Waals surface area contributed by atoms with Gasteiger partial charge in [-0.1, -0.05) is 26.7 Å². The highest BCUT2D eigenvalue weighted by atomic mass is 32.1. The van der Waals surface area contributed by atoms with Crippen LogP contribution in [-0.4, -0.2) is 16.7 Å². The summed E-state index contributed by atoms with van der Waals surface area (Å²) in [6, 6.07) is 0. The predicted molar refractivity (Wildman–Crippen MR) is 69.9 cm³/mol. The Labute approximate surface area is 103 Å². The Kier molecular flexibility index (Phi) is 5.42. The van der Waals surface area contributed by atoms with E-state index >= 15 is 0 Å². The van der Waals surface area contributed by atoms with E-state index in [4.69, 9.17) is 0 Å². The second-order valence-electron chi connectivity index (χ2n) is 4.67. The lowest BCUT2D eigenvalue weighted by Gasteiger charge is -2.29. The summed E-state index contributed by atoms with van der Waals surface area (Å²) >= 11 is 1.72. The smallest absolute Gasteiger partial charge is 0.0934 e. The number of hydrogen-bond donors (Lipinski definition) is 1. The van der Waals surface area contributed by atoms with Gasteiger partial charge in [0, 0.05) is 24.1 Å². The molecule has 0 saturated carbocycles. The van der Waals surface area contributed by atoms with E-state index in [1.807, 2.05) is 6.92 Å². The number of aryl methyl sites for hydroxylation is 1. The maximum absolute atomic E-state index is 9.65. The molecule has 3 heteroatoms. The SMILES string of the molecule is CCCCC(CC)(CO)Cc1nc(C)cs1. The molecule has 0 saturated heterocycles. The van der Waals surface area contributed by atoms with E-state index in [1.54, 1.807) is 11.3 Å². The number of unbranched alkanes of at least 4 members (excludes halogenated alkanes) is 1. The molecule has 1 unspecified atom stereocenters. The van der Waals surface area contributed by atoms with Crippen molar-refractivity contribution in [2.24, 2.45) is 5.41 Å². The first kappa shape index (κ1) is 13.7. The van der Waals surface area contributed by atoms with Gasteiger partial charge in [-0.3, -0.25) is 0 Å². The van der Waals surface area contributed by atoms with Gasteiger partial charge in [-0.15, -0.1) is 11.3 Å². The van der Waals surface area contributed by atoms with Gasteiger partial charge in [-0.25, -0.2) is 4.98 Å². The standard InChI is InChI=1S/C13H23NOS/c1-4-6-7-13(5-2,10-15)8-12-14-11(3)9-16-12/h9,15H,4-8,10H2,1-3H3. The van der Waals surface area contributed by atoms with Gasteiger partial charge in [0.25, 0.3) is 0 Å². The molecular weight excluding hydrogens is 218 g/mol. The molecule has 0 amide bonds. The van der Waals surface area contributed by atoms with Crippen LogP contribution in [0.25, 0.3) is 0 Å². The second kappa shape index (κ2) is 6.36. The molecule has 0 bridgehead atoms. The van der Waals surface area contributed by atoms with Gasteiger partial charge in [0.05, 0.1) is 5.01 Å². The highest BCUT2D eigenvalue weighted by Gasteiger charge is 2.28. The normalized spacial score (nSPS) is 15.0. The molecule has 1 aromatic rings. The molecule has 1 aromatic heterocycles. The third kappa shape index (κ3) is 3.56. The van der Waals surface area contributed by atoms with Gasteiger partial charge in [-0.05, 0) is 25.2 Å². The quantitative estimate of drug-likeness (QED) is 0.791. The zero-order chi connectivity index (χ0) is 12.0. The molecule has 0 aliphatic carbocycles. The highest BCUT2D eigenvalue weighted by molar-refractivity contribution is 7.09. The third-order valence-corrected chi connectivity index (χ3v) is 4.31. The number of aliphatic hydroxyl groups excluding tert-OH is 1. The van der Waals surface area contributed by atoms with Crippen molar-refractivity contribution in [1.82, 2.24) is 4.98 Å². The van der Waals surface area contributed by atoms with Gasteiger partial charge in [0.1, 0.15) is 0 Å². The van der Waals surface area contributed by atoms with Crippen molar-refractivity contribution in [2.75, 3.05) is 6.61 Å². The minimum absolute atomic E-state index is 0.0559. The molecule has 92 valence electrons. The zero-order valence-corrected chi connectivity index (χ0v) is 11.4. The molecule has 0 fully saturated rings. The van der Waals surface area contributed by atoms with Gasteiger partial charge >= 0.3 is 0 Å². The largest absolute Gasteiger partial charge is 0.396 e. The Morgan fingerprint density at radius 2 is 2.19 bits per heavy atom. The number of rotatable bonds is 7. The fourth-order valence-corrected chi connectivity index (χ4v) is 2.94. The van der Waals surface area contributed by atoms with Crippen molar-refractivity contribution in [3.8, 4) is 0 Å². The van der Waals surface area contributed by atoms with E-state index in [2.05, 4.69) is 24.2 Å².